The number of hydrogen-bond acceptors (Lipinski definition) is 5. The molecule has 1 saturated heterocycles. The third kappa shape index (κ3) is 6.74. The minimum atomic E-state index is -0.597. The van der Waals surface area contributed by atoms with E-state index in [-0.39, 0.29) is 18.5 Å². The second kappa shape index (κ2) is 8.34. The average Bonchev–Trinajstić information content (AvgIpc) is 2.90. The second-order valence-corrected chi connectivity index (χ2v) is 7.48. The Bertz CT molecular complexity index is 583. The molecule has 0 saturated carbocycles. The first kappa shape index (κ1) is 19.2. The molecule has 2 rings (SSSR count). The van der Waals surface area contributed by atoms with Crippen molar-refractivity contribution in [3.8, 4) is 0 Å². The van der Waals surface area contributed by atoms with E-state index in [1.165, 1.54) is 0 Å². The number of nitrogens with one attached hydrogen (secondary N) is 1. The summed E-state index contributed by atoms with van der Waals surface area (Å²) in [6.07, 6.45) is 0.298. The van der Waals surface area contributed by atoms with Crippen LogP contribution in [0.4, 0.5) is 4.79 Å². The SMILES string of the molecule is CN1CCC(OC(=O)CC(NC(=O)OC(C)(C)C)c2ccccc2)C1. The van der Waals surface area contributed by atoms with E-state index >= 15 is 0 Å². The van der Waals surface area contributed by atoms with Crippen LogP contribution in [0, 0.1) is 0 Å². The first-order valence-corrected chi connectivity index (χ1v) is 8.65. The normalized spacial score (nSPS) is 19.3. The number of likely N-dealkylation sites (tertiary alicyclic amines) is 1. The van der Waals surface area contributed by atoms with Crippen LogP contribution in [0.25, 0.3) is 0 Å². The van der Waals surface area contributed by atoms with E-state index in [0.717, 1.165) is 25.1 Å². The lowest BCUT2D eigenvalue weighted by molar-refractivity contribution is -0.149. The predicted octanol–water partition coefficient (Wildman–Crippen LogP) is 2.89. The van der Waals surface area contributed by atoms with Gasteiger partial charge in [-0.1, -0.05) is 30.3 Å². The minimum Gasteiger partial charge on any atom is -0.461 e. The number of carbonyl (C=O) groups excluding carboxylic acids is 2. The molecule has 2 unspecified atom stereocenters. The van der Waals surface area contributed by atoms with Gasteiger partial charge in [0.25, 0.3) is 0 Å². The van der Waals surface area contributed by atoms with Crippen LogP contribution in [-0.2, 0) is 14.3 Å². The van der Waals surface area contributed by atoms with Crippen LogP contribution in [-0.4, -0.2) is 48.8 Å². The number of likely N-dealkylation sites (N-methyl/N-ethyl adjacent to an activating group) is 1. The first-order chi connectivity index (χ1) is 11.7. The van der Waals surface area contributed by atoms with Crippen molar-refractivity contribution in [2.24, 2.45) is 0 Å². The molecule has 138 valence electrons. The maximum absolute atomic E-state index is 12.3. The smallest absolute Gasteiger partial charge is 0.408 e. The number of carbonyl (C=O) groups is 2. The summed E-state index contributed by atoms with van der Waals surface area (Å²) in [4.78, 5) is 26.6. The number of ether oxygens (including phenoxy) is 2. The molecule has 1 heterocycles. The van der Waals surface area contributed by atoms with E-state index in [4.69, 9.17) is 9.47 Å². The molecule has 6 heteroatoms. The third-order valence-electron chi connectivity index (χ3n) is 3.91. The molecule has 1 fully saturated rings. The Morgan fingerprint density at radius 3 is 2.52 bits per heavy atom. The average molecular weight is 348 g/mol. The molecule has 0 aliphatic carbocycles. The Labute approximate surface area is 149 Å². The Balaban J connectivity index is 1.99. The van der Waals surface area contributed by atoms with Crippen molar-refractivity contribution in [1.82, 2.24) is 10.2 Å². The summed E-state index contributed by atoms with van der Waals surface area (Å²) in [7, 11) is 2.00. The number of nitrogens with zero attached hydrogens (tertiary/aromatic N) is 1. The van der Waals surface area contributed by atoms with Gasteiger partial charge >= 0.3 is 12.1 Å². The van der Waals surface area contributed by atoms with Crippen LogP contribution in [0.2, 0.25) is 0 Å². The van der Waals surface area contributed by atoms with E-state index in [1.54, 1.807) is 20.8 Å². The molecule has 1 aromatic rings. The summed E-state index contributed by atoms with van der Waals surface area (Å²) in [5.74, 6) is -0.315. The summed E-state index contributed by atoms with van der Waals surface area (Å²) < 4.78 is 10.9. The van der Waals surface area contributed by atoms with Crippen molar-refractivity contribution in [3.05, 3.63) is 35.9 Å². The molecule has 1 aliphatic rings. The maximum Gasteiger partial charge on any atom is 0.408 e. The van der Waals surface area contributed by atoms with Crippen LogP contribution in [0.5, 0.6) is 0 Å². The predicted molar refractivity (Wildman–Crippen MR) is 95.2 cm³/mol. The second-order valence-electron chi connectivity index (χ2n) is 7.48. The van der Waals surface area contributed by atoms with Gasteiger partial charge in [-0.3, -0.25) is 4.79 Å². The van der Waals surface area contributed by atoms with Crippen LogP contribution in [0.1, 0.15) is 45.2 Å². The quantitative estimate of drug-likeness (QED) is 0.829. The lowest BCUT2D eigenvalue weighted by Crippen LogP contribution is -2.36. The van der Waals surface area contributed by atoms with Gasteiger partial charge in [0.15, 0.2) is 0 Å². The topological polar surface area (TPSA) is 67.9 Å². The lowest BCUT2D eigenvalue weighted by atomic mass is 10.0. The minimum absolute atomic E-state index is 0.0729. The Hall–Kier alpha value is -2.08. The van der Waals surface area contributed by atoms with Crippen molar-refractivity contribution >= 4 is 12.1 Å². The van der Waals surface area contributed by atoms with Gasteiger partial charge in [0.1, 0.15) is 11.7 Å². The third-order valence-corrected chi connectivity index (χ3v) is 3.91. The Kier molecular flexibility index (Phi) is 6.42. The van der Waals surface area contributed by atoms with Crippen LogP contribution in [0.15, 0.2) is 30.3 Å². The summed E-state index contributed by atoms with van der Waals surface area (Å²) >= 11 is 0. The van der Waals surface area contributed by atoms with Gasteiger partial charge in [0.05, 0.1) is 12.5 Å². The molecule has 25 heavy (non-hydrogen) atoms. The lowest BCUT2D eigenvalue weighted by Gasteiger charge is -2.24. The van der Waals surface area contributed by atoms with Crippen molar-refractivity contribution < 1.29 is 19.1 Å². The molecule has 0 radical (unpaired) electrons. The maximum atomic E-state index is 12.3. The summed E-state index contributed by atoms with van der Waals surface area (Å²) in [5.41, 5.74) is 0.245. The molecule has 1 aliphatic heterocycles. The standard InChI is InChI=1S/C19H28N2O4/c1-19(2,3)25-18(23)20-16(14-8-6-5-7-9-14)12-17(22)24-15-10-11-21(4)13-15/h5-9,15-16H,10-13H2,1-4H3,(H,20,23). The molecule has 1 aromatic carbocycles. The first-order valence-electron chi connectivity index (χ1n) is 8.65. The number of hydrogen-bond donors (Lipinski definition) is 1. The van der Waals surface area contributed by atoms with Crippen molar-refractivity contribution in [3.63, 3.8) is 0 Å². The van der Waals surface area contributed by atoms with Gasteiger partial charge in [0, 0.05) is 13.1 Å². The van der Waals surface area contributed by atoms with Crippen molar-refractivity contribution in [2.75, 3.05) is 20.1 Å². The molecule has 1 amide bonds. The van der Waals surface area contributed by atoms with Crippen LogP contribution in [0.3, 0.4) is 0 Å². The van der Waals surface area contributed by atoms with Crippen molar-refractivity contribution in [1.29, 1.82) is 0 Å². The Morgan fingerprint density at radius 2 is 1.96 bits per heavy atom. The van der Waals surface area contributed by atoms with Crippen LogP contribution >= 0.6 is 0 Å². The zero-order valence-electron chi connectivity index (χ0n) is 15.5. The zero-order valence-corrected chi connectivity index (χ0v) is 15.5. The summed E-state index contributed by atoms with van der Waals surface area (Å²) in [6.45, 7) is 7.08. The number of alkyl carbamates (subject to hydrolysis) is 1. The fourth-order valence-electron chi connectivity index (χ4n) is 2.78. The number of amides is 1. The van der Waals surface area contributed by atoms with Gasteiger partial charge in [-0.25, -0.2) is 4.79 Å². The number of rotatable bonds is 5. The largest absolute Gasteiger partial charge is 0.461 e. The molecular formula is C19H28N2O4. The highest BCUT2D eigenvalue weighted by atomic mass is 16.6. The molecular weight excluding hydrogens is 320 g/mol. The highest BCUT2D eigenvalue weighted by molar-refractivity contribution is 5.73. The molecule has 2 atom stereocenters. The fourth-order valence-corrected chi connectivity index (χ4v) is 2.78. The molecule has 0 spiro atoms. The van der Waals surface area contributed by atoms with Crippen LogP contribution < -0.4 is 5.32 Å². The highest BCUT2D eigenvalue weighted by Crippen LogP contribution is 2.20. The fraction of sp³-hybridized carbons (Fsp3) is 0.579. The molecule has 0 aromatic heterocycles. The van der Waals surface area contributed by atoms with E-state index in [0.29, 0.717) is 0 Å². The van der Waals surface area contributed by atoms with Gasteiger partial charge in [-0.2, -0.15) is 0 Å². The van der Waals surface area contributed by atoms with Gasteiger partial charge < -0.3 is 19.7 Å². The van der Waals surface area contributed by atoms with Gasteiger partial charge in [-0.15, -0.1) is 0 Å². The van der Waals surface area contributed by atoms with Gasteiger partial charge in [-0.05, 0) is 39.8 Å². The number of benzene rings is 1. The zero-order chi connectivity index (χ0) is 18.4. The summed E-state index contributed by atoms with van der Waals surface area (Å²) in [5, 5.41) is 2.78. The molecule has 1 N–H and O–H groups in total. The van der Waals surface area contributed by atoms with E-state index in [9.17, 15) is 9.59 Å². The van der Waals surface area contributed by atoms with E-state index in [1.807, 2.05) is 37.4 Å². The Morgan fingerprint density at radius 1 is 1.28 bits per heavy atom. The van der Waals surface area contributed by atoms with Crippen molar-refractivity contribution in [2.45, 2.75) is 51.4 Å². The molecule has 6 nitrogen and oxygen atoms in total. The highest BCUT2D eigenvalue weighted by Gasteiger charge is 2.26. The monoisotopic (exact) mass is 348 g/mol. The van der Waals surface area contributed by atoms with E-state index in [2.05, 4.69) is 10.2 Å². The van der Waals surface area contributed by atoms with Gasteiger partial charge in [0.2, 0.25) is 0 Å². The number of esters is 1. The summed E-state index contributed by atoms with van der Waals surface area (Å²) in [6, 6.07) is 8.90. The molecule has 0 bridgehead atoms. The van der Waals surface area contributed by atoms with E-state index < -0.39 is 17.7 Å².